The van der Waals surface area contributed by atoms with Crippen molar-refractivity contribution in [3.05, 3.63) is 17.5 Å². The van der Waals surface area contributed by atoms with Crippen LogP contribution in [0.1, 0.15) is 24.3 Å². The lowest BCUT2D eigenvalue weighted by molar-refractivity contribution is -0.159. The summed E-state index contributed by atoms with van der Waals surface area (Å²) in [7, 11) is 0. The van der Waals surface area contributed by atoms with Crippen molar-refractivity contribution in [2.24, 2.45) is 0 Å². The summed E-state index contributed by atoms with van der Waals surface area (Å²) in [6, 6.07) is 2.40. The fourth-order valence-corrected chi connectivity index (χ4v) is 3.99. The van der Waals surface area contributed by atoms with Crippen LogP contribution in [0, 0.1) is 6.92 Å². The Morgan fingerprint density at radius 2 is 2.13 bits per heavy atom. The van der Waals surface area contributed by atoms with Crippen molar-refractivity contribution < 1.29 is 18.8 Å². The molecule has 0 unspecified atom stereocenters. The minimum absolute atomic E-state index is 0.101. The molecule has 0 aliphatic carbocycles. The molecule has 3 aliphatic rings. The maximum absolute atomic E-state index is 12.4. The smallest absolute Gasteiger partial charge is 0.249 e. The molecule has 1 aromatic rings. The standard InChI is InChI=1S/C16H23N3O4/c1-11-6-12(17-23-11)7-18-8-14-15(9-18)22-10-16(20)19(14)13-2-4-21-5-3-13/h6,13-15H,2-5,7-10H2,1H3/t14-,15-/m0/s1. The third-order valence-electron chi connectivity index (χ3n) is 5.03. The summed E-state index contributed by atoms with van der Waals surface area (Å²) in [6.07, 6.45) is 1.96. The highest BCUT2D eigenvalue weighted by atomic mass is 16.5. The summed E-state index contributed by atoms with van der Waals surface area (Å²) in [5.41, 5.74) is 0.935. The Morgan fingerprint density at radius 1 is 1.30 bits per heavy atom. The molecule has 2 atom stereocenters. The number of likely N-dealkylation sites (tertiary alicyclic amines) is 1. The topological polar surface area (TPSA) is 68.0 Å². The molecule has 0 saturated carbocycles. The van der Waals surface area contributed by atoms with E-state index in [1.54, 1.807) is 0 Å². The van der Waals surface area contributed by atoms with Crippen LogP contribution in [0.2, 0.25) is 0 Å². The molecule has 23 heavy (non-hydrogen) atoms. The zero-order chi connectivity index (χ0) is 15.8. The molecular weight excluding hydrogens is 298 g/mol. The molecule has 3 fully saturated rings. The number of hydrogen-bond donors (Lipinski definition) is 0. The van der Waals surface area contributed by atoms with Crippen LogP contribution in [-0.4, -0.2) is 72.0 Å². The molecule has 3 aliphatic heterocycles. The van der Waals surface area contributed by atoms with Gasteiger partial charge in [-0.15, -0.1) is 0 Å². The SMILES string of the molecule is Cc1cc(CN2C[C@@H]3OCC(=O)N(C4CCOCC4)[C@H]3C2)no1. The van der Waals surface area contributed by atoms with Crippen LogP contribution >= 0.6 is 0 Å². The monoisotopic (exact) mass is 321 g/mol. The number of amides is 1. The molecule has 0 aromatic carbocycles. The Labute approximate surface area is 135 Å². The maximum Gasteiger partial charge on any atom is 0.249 e. The van der Waals surface area contributed by atoms with Crippen LogP contribution in [0.15, 0.2) is 10.6 Å². The van der Waals surface area contributed by atoms with Crippen molar-refractivity contribution >= 4 is 5.91 Å². The number of fused-ring (bicyclic) bond motifs is 1. The van der Waals surface area contributed by atoms with Crippen molar-refractivity contribution in [2.45, 2.75) is 44.5 Å². The molecule has 126 valence electrons. The van der Waals surface area contributed by atoms with E-state index in [4.69, 9.17) is 14.0 Å². The second-order valence-corrected chi connectivity index (χ2v) is 6.68. The van der Waals surface area contributed by atoms with E-state index in [0.717, 1.165) is 57.1 Å². The summed E-state index contributed by atoms with van der Waals surface area (Å²) < 4.78 is 16.4. The average Bonchev–Trinajstić information content (AvgIpc) is 3.14. The van der Waals surface area contributed by atoms with Gasteiger partial charge in [-0.05, 0) is 19.8 Å². The zero-order valence-corrected chi connectivity index (χ0v) is 13.4. The first kappa shape index (κ1) is 15.1. The number of ether oxygens (including phenoxy) is 2. The van der Waals surface area contributed by atoms with Crippen molar-refractivity contribution in [3.8, 4) is 0 Å². The Morgan fingerprint density at radius 3 is 2.87 bits per heavy atom. The number of carbonyl (C=O) groups is 1. The van der Waals surface area contributed by atoms with E-state index in [1.165, 1.54) is 0 Å². The first-order valence-electron chi connectivity index (χ1n) is 8.36. The van der Waals surface area contributed by atoms with Crippen LogP contribution in [-0.2, 0) is 20.8 Å². The summed E-state index contributed by atoms with van der Waals surface area (Å²) >= 11 is 0. The fourth-order valence-electron chi connectivity index (χ4n) is 3.99. The Hall–Kier alpha value is -1.44. The molecule has 4 rings (SSSR count). The summed E-state index contributed by atoms with van der Waals surface area (Å²) in [5.74, 6) is 0.948. The molecule has 3 saturated heterocycles. The van der Waals surface area contributed by atoms with Crippen LogP contribution in [0.3, 0.4) is 0 Å². The number of carbonyl (C=O) groups excluding carboxylic acids is 1. The molecule has 1 aromatic heterocycles. The highest BCUT2D eigenvalue weighted by molar-refractivity contribution is 5.79. The Balaban J connectivity index is 1.46. The van der Waals surface area contributed by atoms with Gasteiger partial charge in [0.05, 0.1) is 17.8 Å². The van der Waals surface area contributed by atoms with Crippen LogP contribution in [0.5, 0.6) is 0 Å². The molecule has 0 bridgehead atoms. The van der Waals surface area contributed by atoms with Crippen molar-refractivity contribution in [2.75, 3.05) is 32.9 Å². The number of aromatic nitrogens is 1. The minimum atomic E-state index is 0.101. The first-order chi connectivity index (χ1) is 11.2. The second kappa shape index (κ2) is 6.22. The van der Waals surface area contributed by atoms with E-state index in [9.17, 15) is 4.79 Å². The maximum atomic E-state index is 12.4. The summed E-state index contributed by atoms with van der Waals surface area (Å²) in [5, 5.41) is 4.07. The normalized spacial score (nSPS) is 30.0. The van der Waals surface area contributed by atoms with E-state index in [1.807, 2.05) is 13.0 Å². The number of hydrogen-bond acceptors (Lipinski definition) is 6. The molecule has 0 radical (unpaired) electrons. The average molecular weight is 321 g/mol. The van der Waals surface area contributed by atoms with Gasteiger partial charge >= 0.3 is 0 Å². The lowest BCUT2D eigenvalue weighted by atomic mass is 10.0. The lowest BCUT2D eigenvalue weighted by Gasteiger charge is -2.43. The molecule has 1 amide bonds. The molecule has 7 nitrogen and oxygen atoms in total. The van der Waals surface area contributed by atoms with E-state index >= 15 is 0 Å². The predicted octanol–water partition coefficient (Wildman–Crippen LogP) is 0.574. The number of nitrogens with zero attached hydrogens (tertiary/aromatic N) is 3. The van der Waals surface area contributed by atoms with E-state index in [0.29, 0.717) is 6.04 Å². The van der Waals surface area contributed by atoms with Gasteiger partial charge in [-0.1, -0.05) is 5.16 Å². The second-order valence-electron chi connectivity index (χ2n) is 6.68. The largest absolute Gasteiger partial charge is 0.381 e. The van der Waals surface area contributed by atoms with Gasteiger partial charge < -0.3 is 18.9 Å². The predicted molar refractivity (Wildman–Crippen MR) is 80.7 cm³/mol. The highest BCUT2D eigenvalue weighted by Crippen LogP contribution is 2.29. The fraction of sp³-hybridized carbons (Fsp3) is 0.750. The van der Waals surface area contributed by atoms with Crippen molar-refractivity contribution in [1.29, 1.82) is 0 Å². The van der Waals surface area contributed by atoms with Gasteiger partial charge in [0.25, 0.3) is 0 Å². The van der Waals surface area contributed by atoms with Gasteiger partial charge in [-0.3, -0.25) is 9.69 Å². The third-order valence-corrected chi connectivity index (χ3v) is 5.03. The molecule has 0 N–H and O–H groups in total. The number of rotatable bonds is 3. The number of aryl methyl sites for hydroxylation is 1. The quantitative estimate of drug-likeness (QED) is 0.811. The Bertz CT molecular complexity index is 569. The molecule has 0 spiro atoms. The van der Waals surface area contributed by atoms with Crippen molar-refractivity contribution in [1.82, 2.24) is 15.0 Å². The van der Waals surface area contributed by atoms with Crippen LogP contribution in [0.25, 0.3) is 0 Å². The van der Waals surface area contributed by atoms with Gasteiger partial charge in [0.2, 0.25) is 5.91 Å². The van der Waals surface area contributed by atoms with Gasteiger partial charge in [0.1, 0.15) is 12.4 Å². The van der Waals surface area contributed by atoms with E-state index in [-0.39, 0.29) is 24.7 Å². The lowest BCUT2D eigenvalue weighted by Crippen LogP contribution is -2.58. The van der Waals surface area contributed by atoms with E-state index < -0.39 is 0 Å². The summed E-state index contributed by atoms with van der Waals surface area (Å²) in [4.78, 5) is 16.8. The summed E-state index contributed by atoms with van der Waals surface area (Å²) in [6.45, 7) is 6.00. The van der Waals surface area contributed by atoms with Gasteiger partial charge in [-0.25, -0.2) is 0 Å². The molecular formula is C16H23N3O4. The van der Waals surface area contributed by atoms with Crippen molar-refractivity contribution in [3.63, 3.8) is 0 Å². The Kier molecular flexibility index (Phi) is 4.09. The van der Waals surface area contributed by atoms with Gasteiger partial charge in [-0.2, -0.15) is 0 Å². The highest BCUT2D eigenvalue weighted by Gasteiger charge is 2.45. The van der Waals surface area contributed by atoms with Crippen LogP contribution in [0.4, 0.5) is 0 Å². The molecule has 7 heteroatoms. The first-order valence-corrected chi connectivity index (χ1v) is 8.36. The van der Waals surface area contributed by atoms with Gasteiger partial charge in [0.15, 0.2) is 0 Å². The third kappa shape index (κ3) is 3.00. The minimum Gasteiger partial charge on any atom is -0.381 e. The van der Waals surface area contributed by atoms with Crippen LogP contribution < -0.4 is 0 Å². The molecule has 4 heterocycles. The zero-order valence-electron chi connectivity index (χ0n) is 13.4. The van der Waals surface area contributed by atoms with E-state index in [2.05, 4.69) is 15.0 Å². The number of morpholine rings is 1. The van der Waals surface area contributed by atoms with Gasteiger partial charge in [0, 0.05) is 45.0 Å².